The molecule has 3 atom stereocenters. The molecule has 1 aromatic heterocycles. The Morgan fingerprint density at radius 1 is 1.20 bits per heavy atom. The first-order valence-electron chi connectivity index (χ1n) is 13.2. The Kier molecular flexibility index (Phi) is 8.64. The van der Waals surface area contributed by atoms with Crippen LogP contribution in [0.1, 0.15) is 48.0 Å². The number of hydrogen-bond acceptors (Lipinski definition) is 9. The molecule has 4 rings (SSSR count). The summed E-state index contributed by atoms with van der Waals surface area (Å²) < 4.78 is 23.1. The zero-order valence-electron chi connectivity index (χ0n) is 23.7. The minimum atomic E-state index is -2.04. The second-order valence-electron chi connectivity index (χ2n) is 11.9. The number of fused-ring (bicyclic) bond motifs is 1. The summed E-state index contributed by atoms with van der Waals surface area (Å²) in [5, 5.41) is 6.42. The summed E-state index contributed by atoms with van der Waals surface area (Å²) in [4.78, 5) is 46.8. The number of rotatable bonds is 8. The van der Waals surface area contributed by atoms with Crippen LogP contribution in [0.5, 0.6) is 5.88 Å². The van der Waals surface area contributed by atoms with Gasteiger partial charge in [-0.25, -0.2) is 19.6 Å². The highest BCUT2D eigenvalue weighted by Gasteiger charge is 2.38. The fourth-order valence-corrected chi connectivity index (χ4v) is 7.14. The Morgan fingerprint density at radius 2 is 1.93 bits per heavy atom. The quantitative estimate of drug-likeness (QED) is 0.458. The summed E-state index contributed by atoms with van der Waals surface area (Å²) in [5.41, 5.74) is -0.644. The number of amides is 3. The van der Waals surface area contributed by atoms with Crippen molar-refractivity contribution in [1.29, 1.82) is 0 Å². The van der Waals surface area contributed by atoms with Crippen LogP contribution in [-0.2, 0) is 18.7 Å². The van der Waals surface area contributed by atoms with Crippen LogP contribution in [0.4, 0.5) is 21.2 Å². The van der Waals surface area contributed by atoms with Crippen molar-refractivity contribution >= 4 is 44.0 Å². The van der Waals surface area contributed by atoms with Crippen LogP contribution in [0.2, 0.25) is 5.04 Å². The Labute approximate surface area is 235 Å². The number of alkyl carbamates (subject to hydrolysis) is 1. The average Bonchev–Trinajstić information content (AvgIpc) is 3.23. The molecule has 0 radical (unpaired) electrons. The maximum Gasteiger partial charge on any atom is 0.415 e. The monoisotopic (exact) mass is 571 g/mol. The van der Waals surface area contributed by atoms with E-state index in [-0.39, 0.29) is 48.2 Å². The van der Waals surface area contributed by atoms with E-state index in [1.807, 2.05) is 18.2 Å². The number of nitrogens with zero attached hydrogens (tertiary/aromatic N) is 3. The second kappa shape index (κ2) is 11.8. The lowest BCUT2D eigenvalue weighted by Gasteiger charge is -2.34. The highest BCUT2D eigenvalue weighted by Crippen LogP contribution is 2.31. The Hall–Kier alpha value is -3.71. The fraction of sp³-hybridized carbons (Fsp3) is 0.519. The average molecular weight is 572 g/mol. The highest BCUT2D eigenvalue weighted by atomic mass is 28.3. The summed E-state index contributed by atoms with van der Waals surface area (Å²) in [6, 6.07) is 10.1. The molecular formula is C27H37N5O7Si. The third-order valence-electron chi connectivity index (χ3n) is 6.09. The smallest absolute Gasteiger partial charge is 0.415 e. The van der Waals surface area contributed by atoms with Crippen molar-refractivity contribution in [3.8, 4) is 5.88 Å². The molecule has 13 heteroatoms. The molecule has 0 spiro atoms. The minimum Gasteiger partial charge on any atom is -0.465 e. The Balaban J connectivity index is 1.50. The normalized spacial score (nSPS) is 18.6. The maximum atomic E-state index is 12.8. The molecule has 2 aliphatic rings. The number of hydrogen-bond donors (Lipinski definition) is 2. The molecule has 12 nitrogen and oxygen atoms in total. The van der Waals surface area contributed by atoms with Crippen LogP contribution in [0.25, 0.3) is 0 Å². The molecule has 2 aliphatic heterocycles. The first kappa shape index (κ1) is 29.3. The summed E-state index contributed by atoms with van der Waals surface area (Å²) in [7, 11) is -2.04. The van der Waals surface area contributed by atoms with E-state index in [1.165, 1.54) is 11.1 Å². The zero-order valence-corrected chi connectivity index (χ0v) is 24.9. The number of cyclic esters (lactones) is 1. The van der Waals surface area contributed by atoms with E-state index < -0.39 is 39.0 Å². The third-order valence-corrected chi connectivity index (χ3v) is 9.31. The summed E-state index contributed by atoms with van der Waals surface area (Å²) in [6.07, 6.45) is -0.392. The summed E-state index contributed by atoms with van der Waals surface area (Å²) >= 11 is 0. The number of carbonyl (C=O) groups is 3. The van der Waals surface area contributed by atoms with Crippen LogP contribution in [0.3, 0.4) is 0 Å². The van der Waals surface area contributed by atoms with Crippen molar-refractivity contribution < 1.29 is 33.0 Å². The predicted molar refractivity (Wildman–Crippen MR) is 150 cm³/mol. The largest absolute Gasteiger partial charge is 0.465 e. The molecule has 2 aromatic rings. The maximum absolute atomic E-state index is 12.8. The molecule has 3 amide bonds. The van der Waals surface area contributed by atoms with Gasteiger partial charge < -0.3 is 29.3 Å². The van der Waals surface area contributed by atoms with Crippen molar-refractivity contribution in [3.05, 3.63) is 36.5 Å². The van der Waals surface area contributed by atoms with E-state index in [9.17, 15) is 14.4 Å². The van der Waals surface area contributed by atoms with Crippen molar-refractivity contribution in [2.75, 3.05) is 29.9 Å². The lowest BCUT2D eigenvalue weighted by Crippen LogP contribution is -2.48. The van der Waals surface area contributed by atoms with Gasteiger partial charge in [-0.2, -0.15) is 0 Å². The zero-order chi connectivity index (χ0) is 29.1. The van der Waals surface area contributed by atoms with Crippen LogP contribution in [0.15, 0.2) is 36.5 Å². The van der Waals surface area contributed by atoms with Gasteiger partial charge in [0.2, 0.25) is 9.04 Å². The van der Waals surface area contributed by atoms with Gasteiger partial charge in [-0.05, 0) is 31.0 Å². The number of anilines is 2. The topological polar surface area (TPSA) is 141 Å². The molecule has 1 fully saturated rings. The first-order chi connectivity index (χ1) is 18.8. The number of aromatic nitrogens is 2. The molecule has 216 valence electrons. The first-order valence-corrected chi connectivity index (χ1v) is 14.9. The van der Waals surface area contributed by atoms with Gasteiger partial charge >= 0.3 is 12.2 Å². The van der Waals surface area contributed by atoms with Gasteiger partial charge in [-0.15, -0.1) is 0 Å². The number of nitrogens with one attached hydrogen (secondary N) is 2. The standard InChI is InChI=1S/C27H37N5O7Si/c1-26(2,3)38-24(34)29-13-17(39-40(27(4,5)6)19-10-8-7-9-11-19)12-18-15-32(25(35)37-18)20-14-28-23-22(30-20)31-21(33)16-36-23/h7-11,14,17-18,40H,12-13,15-16H2,1-6H3,(H,29,34)(H,30,31,33). The summed E-state index contributed by atoms with van der Waals surface area (Å²) in [5.74, 6) is 0.213. The van der Waals surface area contributed by atoms with E-state index in [0.717, 1.165) is 5.19 Å². The molecule has 3 unspecified atom stereocenters. The number of benzene rings is 1. The van der Waals surface area contributed by atoms with Crippen molar-refractivity contribution in [2.24, 2.45) is 0 Å². The van der Waals surface area contributed by atoms with Gasteiger partial charge in [-0.1, -0.05) is 51.1 Å². The molecule has 3 heterocycles. The lowest BCUT2D eigenvalue weighted by molar-refractivity contribution is -0.118. The molecule has 0 bridgehead atoms. The van der Waals surface area contributed by atoms with Crippen molar-refractivity contribution in [3.63, 3.8) is 0 Å². The second-order valence-corrected chi connectivity index (χ2v) is 15.3. The highest BCUT2D eigenvalue weighted by molar-refractivity contribution is 6.70. The summed E-state index contributed by atoms with van der Waals surface area (Å²) in [6.45, 7) is 12.1. The van der Waals surface area contributed by atoms with Gasteiger partial charge in [0, 0.05) is 13.0 Å². The fourth-order valence-electron chi connectivity index (χ4n) is 4.41. The SMILES string of the molecule is CC(C)(C)OC(=O)NCC(CC1CN(c2cnc3c(n2)NC(=O)CO3)C(=O)O1)O[SiH](c1ccccc1)C(C)(C)C. The molecule has 1 aromatic carbocycles. The van der Waals surface area contributed by atoms with E-state index >= 15 is 0 Å². The molecule has 0 saturated carbocycles. The van der Waals surface area contributed by atoms with Crippen LogP contribution < -0.4 is 25.5 Å². The van der Waals surface area contributed by atoms with E-state index in [1.54, 1.807) is 20.8 Å². The van der Waals surface area contributed by atoms with Crippen LogP contribution in [0, 0.1) is 0 Å². The number of carbonyl (C=O) groups excluding carboxylic acids is 3. The Bertz CT molecular complexity index is 1230. The van der Waals surface area contributed by atoms with E-state index in [4.69, 9.17) is 18.6 Å². The molecule has 40 heavy (non-hydrogen) atoms. The lowest BCUT2D eigenvalue weighted by atomic mass is 10.1. The van der Waals surface area contributed by atoms with Crippen molar-refractivity contribution in [1.82, 2.24) is 15.3 Å². The number of ether oxygens (including phenoxy) is 3. The predicted octanol–water partition coefficient (Wildman–Crippen LogP) is 2.86. The van der Waals surface area contributed by atoms with E-state index in [2.05, 4.69) is 53.5 Å². The molecule has 2 N–H and O–H groups in total. The minimum absolute atomic E-state index is 0.130. The van der Waals surface area contributed by atoms with Gasteiger partial charge in [0.05, 0.1) is 18.8 Å². The van der Waals surface area contributed by atoms with E-state index in [0.29, 0.717) is 6.42 Å². The molecule has 1 saturated heterocycles. The van der Waals surface area contributed by atoms with Gasteiger partial charge in [0.1, 0.15) is 11.7 Å². The third kappa shape index (κ3) is 7.69. The van der Waals surface area contributed by atoms with Crippen LogP contribution >= 0.6 is 0 Å². The molecule has 0 aliphatic carbocycles. The molecular weight excluding hydrogens is 534 g/mol. The van der Waals surface area contributed by atoms with Crippen molar-refractivity contribution in [2.45, 2.75) is 70.8 Å². The van der Waals surface area contributed by atoms with Gasteiger partial charge in [0.15, 0.2) is 18.2 Å². The van der Waals surface area contributed by atoms with Crippen LogP contribution in [-0.4, -0.2) is 74.6 Å². The van der Waals surface area contributed by atoms with Gasteiger partial charge in [0.25, 0.3) is 11.8 Å². The van der Waals surface area contributed by atoms with Gasteiger partial charge in [-0.3, -0.25) is 9.69 Å². The Morgan fingerprint density at radius 3 is 2.60 bits per heavy atom.